The minimum Gasteiger partial charge on any atom is -0.316 e. The van der Waals surface area contributed by atoms with Crippen molar-refractivity contribution in [3.63, 3.8) is 0 Å². The molecule has 1 saturated heterocycles. The van der Waals surface area contributed by atoms with Crippen LogP contribution in [0, 0.1) is 5.92 Å². The predicted octanol–water partition coefficient (Wildman–Crippen LogP) is 6.84. The number of benzene rings is 1. The van der Waals surface area contributed by atoms with Crippen LogP contribution in [0.1, 0.15) is 63.4 Å². The van der Waals surface area contributed by atoms with Crippen LogP contribution in [0.25, 0.3) is 0 Å². The minimum absolute atomic E-state index is 0.134. The summed E-state index contributed by atoms with van der Waals surface area (Å²) in [6.07, 6.45) is 17.2. The number of halogens is 1. The smallest absolute Gasteiger partial charge is 0.227 e. The van der Waals surface area contributed by atoms with E-state index in [-0.39, 0.29) is 11.7 Å². The summed E-state index contributed by atoms with van der Waals surface area (Å²) in [6, 6.07) is 10.3. The monoisotopic (exact) mass is 511 g/mol. The first-order valence-electron chi connectivity index (χ1n) is 14.5. The number of aryl methyl sites for hydroxylation is 1. The molecule has 38 heavy (non-hydrogen) atoms. The van der Waals surface area contributed by atoms with Gasteiger partial charge in [-0.1, -0.05) is 36.4 Å². The van der Waals surface area contributed by atoms with E-state index in [1.807, 2.05) is 24.4 Å². The number of fused-ring (bicyclic) bond motifs is 2. The molecule has 3 aliphatic heterocycles. The summed E-state index contributed by atoms with van der Waals surface area (Å²) in [5.74, 6) is 0.584. The average Bonchev–Trinajstić information content (AvgIpc) is 3.38. The summed E-state index contributed by atoms with van der Waals surface area (Å²) in [4.78, 5) is 22.7. The highest BCUT2D eigenvalue weighted by atomic mass is 19.1. The zero-order chi connectivity index (χ0) is 25.9. The van der Waals surface area contributed by atoms with Crippen molar-refractivity contribution in [3.8, 4) is 0 Å². The second-order valence-electron chi connectivity index (χ2n) is 11.2. The number of amides is 1. The van der Waals surface area contributed by atoms with Crippen molar-refractivity contribution in [1.29, 1.82) is 0 Å². The lowest BCUT2D eigenvalue weighted by atomic mass is 9.83. The van der Waals surface area contributed by atoms with E-state index in [9.17, 15) is 9.18 Å². The van der Waals surface area contributed by atoms with Gasteiger partial charge in [0.05, 0.1) is 5.71 Å². The van der Waals surface area contributed by atoms with Crippen molar-refractivity contribution in [2.75, 3.05) is 26.2 Å². The van der Waals surface area contributed by atoms with Gasteiger partial charge in [0, 0.05) is 49.8 Å². The van der Waals surface area contributed by atoms with Gasteiger partial charge in [-0.15, -0.1) is 0 Å². The minimum atomic E-state index is -0.134. The molecular formula is C33H38FN3O. The van der Waals surface area contributed by atoms with Crippen LogP contribution in [0.5, 0.6) is 0 Å². The Balaban J connectivity index is 1.08. The van der Waals surface area contributed by atoms with Gasteiger partial charge in [-0.25, -0.2) is 4.39 Å². The molecule has 1 fully saturated rings. The highest BCUT2D eigenvalue weighted by molar-refractivity contribution is 6.08. The third-order valence-corrected chi connectivity index (χ3v) is 8.91. The summed E-state index contributed by atoms with van der Waals surface area (Å²) >= 11 is 0. The Morgan fingerprint density at radius 1 is 1.03 bits per heavy atom. The van der Waals surface area contributed by atoms with E-state index >= 15 is 0 Å². The first-order valence-corrected chi connectivity index (χ1v) is 14.5. The quantitative estimate of drug-likeness (QED) is 0.402. The summed E-state index contributed by atoms with van der Waals surface area (Å²) in [5.41, 5.74) is 8.72. The maximum atomic E-state index is 13.9. The van der Waals surface area contributed by atoms with Crippen LogP contribution in [-0.2, 0) is 11.2 Å². The molecule has 0 unspecified atom stereocenters. The van der Waals surface area contributed by atoms with E-state index in [2.05, 4.69) is 33.0 Å². The van der Waals surface area contributed by atoms with Gasteiger partial charge in [-0.2, -0.15) is 0 Å². The zero-order valence-electron chi connectivity index (χ0n) is 22.3. The van der Waals surface area contributed by atoms with Crippen molar-refractivity contribution < 1.29 is 9.18 Å². The van der Waals surface area contributed by atoms with Gasteiger partial charge >= 0.3 is 0 Å². The summed E-state index contributed by atoms with van der Waals surface area (Å²) < 4.78 is 13.9. The number of rotatable bonds is 7. The van der Waals surface area contributed by atoms with Crippen LogP contribution >= 0.6 is 0 Å². The Bertz CT molecular complexity index is 1260. The highest BCUT2D eigenvalue weighted by Crippen LogP contribution is 2.38. The molecule has 0 saturated carbocycles. The number of piperidine rings is 1. The van der Waals surface area contributed by atoms with Crippen LogP contribution in [0.2, 0.25) is 0 Å². The molecule has 0 aromatic heterocycles. The first-order chi connectivity index (χ1) is 18.7. The maximum absolute atomic E-state index is 13.9. The molecule has 0 N–H and O–H groups in total. The molecule has 5 aliphatic rings. The van der Waals surface area contributed by atoms with Crippen molar-refractivity contribution in [2.24, 2.45) is 10.9 Å². The SMILES string of the molecule is O=C(CCc1ccccc1)N1CCC2=CCCCC2=C1CCN1CCC(C2=CN=C3CC=C(F)C=C23)CC1. The van der Waals surface area contributed by atoms with Crippen molar-refractivity contribution >= 4 is 11.6 Å². The lowest BCUT2D eigenvalue weighted by molar-refractivity contribution is -0.129. The second kappa shape index (κ2) is 11.4. The summed E-state index contributed by atoms with van der Waals surface area (Å²) in [5, 5.41) is 0. The van der Waals surface area contributed by atoms with E-state index in [0.717, 1.165) is 76.0 Å². The van der Waals surface area contributed by atoms with Crippen LogP contribution < -0.4 is 0 Å². The molecule has 0 atom stereocenters. The number of carbonyl (C=O) groups is 1. The molecule has 2 aliphatic carbocycles. The van der Waals surface area contributed by atoms with Gasteiger partial charge in [-0.05, 0) is 98.4 Å². The van der Waals surface area contributed by atoms with E-state index in [0.29, 0.717) is 18.8 Å². The van der Waals surface area contributed by atoms with E-state index in [4.69, 9.17) is 0 Å². The molecule has 6 rings (SSSR count). The Hall–Kier alpha value is -3.05. The average molecular weight is 512 g/mol. The largest absolute Gasteiger partial charge is 0.316 e. The number of carbonyl (C=O) groups excluding carboxylic acids is 1. The first kappa shape index (κ1) is 25.2. The Labute approximate surface area is 226 Å². The van der Waals surface area contributed by atoms with Crippen molar-refractivity contribution in [3.05, 3.63) is 94.1 Å². The number of aliphatic imine (C=N–C) groups is 1. The van der Waals surface area contributed by atoms with Gasteiger partial charge in [0.15, 0.2) is 0 Å². The Morgan fingerprint density at radius 3 is 2.71 bits per heavy atom. The third-order valence-electron chi connectivity index (χ3n) is 8.91. The van der Waals surface area contributed by atoms with E-state index in [1.165, 1.54) is 40.8 Å². The lowest BCUT2D eigenvalue weighted by Crippen LogP contribution is -2.39. The maximum Gasteiger partial charge on any atom is 0.227 e. The number of hydrogen-bond donors (Lipinski definition) is 0. The second-order valence-corrected chi connectivity index (χ2v) is 11.2. The van der Waals surface area contributed by atoms with Crippen LogP contribution in [0.15, 0.2) is 93.6 Å². The van der Waals surface area contributed by atoms with Gasteiger partial charge in [0.25, 0.3) is 0 Å². The normalized spacial score (nSPS) is 22.2. The molecule has 0 bridgehead atoms. The molecule has 1 aromatic rings. The molecule has 0 spiro atoms. The summed E-state index contributed by atoms with van der Waals surface area (Å²) in [7, 11) is 0. The standard InChI is InChI=1S/C33H38FN3O/c34-27-11-12-31-29(22-27)30(23-35-31)26-14-18-36(19-15-26)20-17-32-28-9-5-4-8-25(28)16-21-37(32)33(38)13-10-24-6-2-1-3-7-24/h1-3,6-8,11,22-23,26H,4-5,9-10,12-21H2. The molecule has 1 aromatic carbocycles. The molecule has 1 amide bonds. The fraction of sp³-hybridized carbons (Fsp3) is 0.455. The van der Waals surface area contributed by atoms with Gasteiger partial charge in [0.2, 0.25) is 5.91 Å². The van der Waals surface area contributed by atoms with Gasteiger partial charge in [-0.3, -0.25) is 9.79 Å². The molecule has 3 heterocycles. The molecule has 5 heteroatoms. The molecule has 4 nitrogen and oxygen atoms in total. The molecule has 0 radical (unpaired) electrons. The van der Waals surface area contributed by atoms with Gasteiger partial charge < -0.3 is 9.80 Å². The van der Waals surface area contributed by atoms with Crippen LogP contribution in [-0.4, -0.2) is 47.6 Å². The Kier molecular flexibility index (Phi) is 7.55. The number of hydrogen-bond acceptors (Lipinski definition) is 3. The molecular weight excluding hydrogens is 473 g/mol. The topological polar surface area (TPSA) is 35.9 Å². The van der Waals surface area contributed by atoms with Crippen LogP contribution in [0.3, 0.4) is 0 Å². The third kappa shape index (κ3) is 5.40. The van der Waals surface area contributed by atoms with E-state index in [1.54, 1.807) is 12.2 Å². The highest BCUT2D eigenvalue weighted by Gasteiger charge is 2.31. The number of nitrogens with zero attached hydrogens (tertiary/aromatic N) is 3. The fourth-order valence-electron chi connectivity index (χ4n) is 6.77. The van der Waals surface area contributed by atoms with Crippen molar-refractivity contribution in [2.45, 2.75) is 64.2 Å². The van der Waals surface area contributed by atoms with Crippen molar-refractivity contribution in [1.82, 2.24) is 9.80 Å². The zero-order valence-corrected chi connectivity index (χ0v) is 22.3. The lowest BCUT2D eigenvalue weighted by Gasteiger charge is -2.38. The van der Waals surface area contributed by atoms with Crippen LogP contribution in [0.4, 0.5) is 4.39 Å². The number of allylic oxidation sites excluding steroid dienone is 7. The summed E-state index contributed by atoms with van der Waals surface area (Å²) in [6.45, 7) is 3.88. The Morgan fingerprint density at radius 2 is 1.87 bits per heavy atom. The fourth-order valence-corrected chi connectivity index (χ4v) is 6.77. The van der Waals surface area contributed by atoms with E-state index < -0.39 is 0 Å². The number of likely N-dealkylation sites (tertiary alicyclic amines) is 1. The predicted molar refractivity (Wildman–Crippen MR) is 151 cm³/mol. The molecule has 198 valence electrons. The van der Waals surface area contributed by atoms with Gasteiger partial charge in [0.1, 0.15) is 5.83 Å².